The summed E-state index contributed by atoms with van der Waals surface area (Å²) in [7, 11) is 0. The lowest BCUT2D eigenvalue weighted by Crippen LogP contribution is -2.21. The molecule has 2 aliphatic rings. The Labute approximate surface area is 262 Å². The van der Waals surface area contributed by atoms with Crippen molar-refractivity contribution in [3.8, 4) is 5.75 Å². The molecule has 2 saturated carbocycles. The molecule has 42 heavy (non-hydrogen) atoms. The molecule has 2 aliphatic carbocycles. The standard InChI is InChI=1S/C32H29Cl3N2O4S/c1-15-10-17(30(39)40)11-25-28(15)37-31(42-25)32(2)13-21(32)19-9-8-18(12-24(19)35)41-14-20(29(38)16-6-7-16)27(36)26-22(33)4-3-5-23(26)34/h3-5,8-12,16,21,27,38H,6-7,13-14,36H2,1-2H3,(H,39,40)/b29-20-. The Hall–Kier alpha value is -2.81. The Kier molecular flexibility index (Phi) is 7.69. The maximum absolute atomic E-state index is 11.5. The predicted octanol–water partition coefficient (Wildman–Crippen LogP) is 9.01. The molecule has 0 amide bonds. The summed E-state index contributed by atoms with van der Waals surface area (Å²) in [5.41, 5.74) is 10.5. The van der Waals surface area contributed by atoms with Gasteiger partial charge in [-0.3, -0.25) is 0 Å². The van der Waals surface area contributed by atoms with Gasteiger partial charge in [-0.1, -0.05) is 53.9 Å². The number of aryl methyl sites for hydroxylation is 1. The molecule has 3 unspecified atom stereocenters. The Morgan fingerprint density at radius 3 is 2.48 bits per heavy atom. The number of allylic oxidation sites excluding steroid dienone is 1. The number of nitrogens with two attached hydrogens (primary N) is 1. The highest BCUT2D eigenvalue weighted by molar-refractivity contribution is 7.18. The van der Waals surface area contributed by atoms with Gasteiger partial charge < -0.3 is 20.7 Å². The third-order valence-electron chi connectivity index (χ3n) is 8.38. The van der Waals surface area contributed by atoms with Gasteiger partial charge in [-0.25, -0.2) is 9.78 Å². The van der Waals surface area contributed by atoms with Crippen LogP contribution < -0.4 is 10.5 Å². The second-order valence-corrected chi connectivity index (χ2v) is 13.7. The summed E-state index contributed by atoms with van der Waals surface area (Å²) >= 11 is 21.2. The smallest absolute Gasteiger partial charge is 0.335 e. The normalized spacial score (nSPS) is 21.2. The quantitative estimate of drug-likeness (QED) is 0.157. The molecule has 218 valence electrons. The number of carbonyl (C=O) groups is 1. The fraction of sp³-hybridized carbons (Fsp3) is 0.312. The molecule has 0 spiro atoms. The van der Waals surface area contributed by atoms with Gasteiger partial charge in [0.25, 0.3) is 0 Å². The number of hydrogen-bond donors (Lipinski definition) is 3. The molecule has 6 rings (SSSR count). The van der Waals surface area contributed by atoms with E-state index in [1.165, 1.54) is 0 Å². The highest BCUT2D eigenvalue weighted by Gasteiger charge is 2.55. The van der Waals surface area contributed by atoms with Gasteiger partial charge in [0.15, 0.2) is 0 Å². The van der Waals surface area contributed by atoms with E-state index < -0.39 is 12.0 Å². The SMILES string of the molecule is Cc1cc(C(=O)O)cc2sc(C3(C)CC3c3ccc(OC/C(=C(/O)C4CC4)C(N)c4c(Cl)cccc4Cl)cc3Cl)nc12. The first kappa shape index (κ1) is 29.3. The lowest BCUT2D eigenvalue weighted by molar-refractivity contribution is 0.0697. The van der Waals surface area contributed by atoms with E-state index in [-0.39, 0.29) is 35.2 Å². The van der Waals surface area contributed by atoms with Crippen molar-refractivity contribution < 1.29 is 19.7 Å². The number of aliphatic hydroxyl groups excluding tert-OH is 1. The molecule has 0 radical (unpaired) electrons. The molecule has 0 bridgehead atoms. The van der Waals surface area contributed by atoms with E-state index in [4.69, 9.17) is 50.3 Å². The Morgan fingerprint density at radius 2 is 1.83 bits per heavy atom. The first-order valence-electron chi connectivity index (χ1n) is 13.7. The monoisotopic (exact) mass is 642 g/mol. The maximum atomic E-state index is 11.5. The third-order valence-corrected chi connectivity index (χ3v) is 10.6. The van der Waals surface area contributed by atoms with E-state index in [0.29, 0.717) is 32.0 Å². The minimum Gasteiger partial charge on any atom is -0.512 e. The molecule has 4 aromatic rings. The number of carboxylic acids is 1. The summed E-state index contributed by atoms with van der Waals surface area (Å²) < 4.78 is 6.99. The number of ether oxygens (including phenoxy) is 1. The van der Waals surface area contributed by atoms with E-state index >= 15 is 0 Å². The number of fused-ring (bicyclic) bond motifs is 1. The number of halogens is 3. The van der Waals surface area contributed by atoms with Crippen LogP contribution >= 0.6 is 46.1 Å². The van der Waals surface area contributed by atoms with Gasteiger partial charge in [0.05, 0.1) is 27.6 Å². The molecule has 1 heterocycles. The van der Waals surface area contributed by atoms with Gasteiger partial charge >= 0.3 is 5.97 Å². The fourth-order valence-corrected chi connectivity index (χ4v) is 7.81. The fourth-order valence-electron chi connectivity index (χ4n) is 5.58. The molecule has 6 nitrogen and oxygen atoms in total. The summed E-state index contributed by atoms with van der Waals surface area (Å²) in [5.74, 6) is 0.0815. The summed E-state index contributed by atoms with van der Waals surface area (Å²) in [6.07, 6.45) is 2.68. The van der Waals surface area contributed by atoms with Gasteiger partial charge in [-0.15, -0.1) is 11.3 Å². The zero-order valence-electron chi connectivity index (χ0n) is 23.0. The summed E-state index contributed by atoms with van der Waals surface area (Å²) in [6, 6.07) is 13.5. The van der Waals surface area contributed by atoms with Crippen LogP contribution in [0.1, 0.15) is 70.2 Å². The highest BCUT2D eigenvalue weighted by atomic mass is 35.5. The number of hydrogen-bond acceptors (Lipinski definition) is 6. The molecule has 10 heteroatoms. The number of aromatic nitrogens is 1. The van der Waals surface area contributed by atoms with Crippen LogP contribution in [0.15, 0.2) is 59.9 Å². The maximum Gasteiger partial charge on any atom is 0.335 e. The molecular weight excluding hydrogens is 615 g/mol. The van der Waals surface area contributed by atoms with E-state index in [0.717, 1.165) is 45.6 Å². The molecule has 1 aromatic heterocycles. The van der Waals surface area contributed by atoms with Crippen LogP contribution in [0, 0.1) is 12.8 Å². The van der Waals surface area contributed by atoms with Crippen molar-refractivity contribution >= 4 is 62.3 Å². The first-order valence-corrected chi connectivity index (χ1v) is 15.6. The average Bonchev–Trinajstić information content (AvgIpc) is 3.85. The Balaban J connectivity index is 1.21. The lowest BCUT2D eigenvalue weighted by atomic mass is 9.97. The number of benzene rings is 3. The molecular formula is C32H29Cl3N2O4S. The van der Waals surface area contributed by atoms with Gasteiger partial charge in [0.2, 0.25) is 0 Å². The van der Waals surface area contributed by atoms with E-state index in [9.17, 15) is 15.0 Å². The second kappa shape index (κ2) is 11.0. The van der Waals surface area contributed by atoms with Gasteiger partial charge in [-0.05, 0) is 79.6 Å². The van der Waals surface area contributed by atoms with Crippen molar-refractivity contribution in [2.45, 2.75) is 50.5 Å². The van der Waals surface area contributed by atoms with Crippen LogP contribution in [0.2, 0.25) is 15.1 Å². The van der Waals surface area contributed by atoms with Crippen molar-refractivity contribution in [3.05, 3.63) is 102 Å². The lowest BCUT2D eigenvalue weighted by Gasteiger charge is -2.21. The van der Waals surface area contributed by atoms with Crippen molar-refractivity contribution in [1.82, 2.24) is 4.98 Å². The molecule has 0 aliphatic heterocycles. The van der Waals surface area contributed by atoms with Crippen LogP contribution in [0.5, 0.6) is 5.75 Å². The van der Waals surface area contributed by atoms with Gasteiger partial charge in [0, 0.05) is 37.5 Å². The van der Waals surface area contributed by atoms with E-state index in [1.807, 2.05) is 19.1 Å². The molecule has 2 fully saturated rings. The number of carboxylic acid groups (broad SMARTS) is 1. The van der Waals surface area contributed by atoms with Crippen molar-refractivity contribution in [2.24, 2.45) is 11.7 Å². The predicted molar refractivity (Wildman–Crippen MR) is 169 cm³/mol. The summed E-state index contributed by atoms with van der Waals surface area (Å²) in [5, 5.41) is 22.8. The Morgan fingerprint density at radius 1 is 1.12 bits per heavy atom. The van der Waals surface area contributed by atoms with E-state index in [2.05, 4.69) is 6.92 Å². The van der Waals surface area contributed by atoms with Crippen LogP contribution in [-0.4, -0.2) is 27.8 Å². The van der Waals surface area contributed by atoms with E-state index in [1.54, 1.807) is 47.7 Å². The van der Waals surface area contributed by atoms with Gasteiger partial charge in [-0.2, -0.15) is 0 Å². The van der Waals surface area contributed by atoms with Crippen LogP contribution in [0.25, 0.3) is 10.2 Å². The van der Waals surface area contributed by atoms with Crippen LogP contribution in [0.3, 0.4) is 0 Å². The van der Waals surface area contributed by atoms with Gasteiger partial charge in [0.1, 0.15) is 17.4 Å². The zero-order chi connectivity index (χ0) is 29.9. The molecule has 3 aromatic carbocycles. The number of nitrogens with zero attached hydrogens (tertiary/aromatic N) is 1. The number of rotatable bonds is 9. The highest BCUT2D eigenvalue weighted by Crippen LogP contribution is 2.62. The summed E-state index contributed by atoms with van der Waals surface area (Å²) in [6.45, 7) is 4.12. The molecule has 0 saturated heterocycles. The average molecular weight is 644 g/mol. The minimum absolute atomic E-state index is 0.0608. The van der Waals surface area contributed by atoms with Crippen LogP contribution in [0.4, 0.5) is 0 Å². The third kappa shape index (κ3) is 5.38. The second-order valence-electron chi connectivity index (χ2n) is 11.4. The van der Waals surface area contributed by atoms with Crippen molar-refractivity contribution in [3.63, 3.8) is 0 Å². The minimum atomic E-state index is -0.945. The Bertz CT molecular complexity index is 1750. The first-order chi connectivity index (χ1) is 20.0. The number of aliphatic hydroxyl groups is 1. The number of thiazole rings is 1. The van der Waals surface area contributed by atoms with Crippen molar-refractivity contribution in [2.75, 3.05) is 6.61 Å². The number of aromatic carboxylic acids is 1. The van der Waals surface area contributed by atoms with Crippen LogP contribution in [-0.2, 0) is 5.41 Å². The summed E-state index contributed by atoms with van der Waals surface area (Å²) in [4.78, 5) is 16.4. The zero-order valence-corrected chi connectivity index (χ0v) is 26.0. The molecule has 3 atom stereocenters. The topological polar surface area (TPSA) is 106 Å². The van der Waals surface area contributed by atoms with Crippen molar-refractivity contribution in [1.29, 1.82) is 0 Å². The molecule has 4 N–H and O–H groups in total. The largest absolute Gasteiger partial charge is 0.512 e.